The van der Waals surface area contributed by atoms with Crippen LogP contribution in [0.4, 0.5) is 5.69 Å². The Bertz CT molecular complexity index is 1080. The Morgan fingerprint density at radius 2 is 1.87 bits per heavy atom. The van der Waals surface area contributed by atoms with Gasteiger partial charge in [-0.1, -0.05) is 18.2 Å². The Balaban J connectivity index is 1.84. The molecule has 3 aromatic rings. The largest absolute Gasteiger partial charge is 0.497 e. The van der Waals surface area contributed by atoms with Crippen molar-refractivity contribution in [3.63, 3.8) is 0 Å². The van der Waals surface area contributed by atoms with Crippen LogP contribution in [0.3, 0.4) is 0 Å². The number of benzene rings is 2. The number of hydrogen-bond acceptors (Lipinski definition) is 4. The van der Waals surface area contributed by atoms with E-state index in [1.807, 2.05) is 74.4 Å². The molecule has 1 aromatic heterocycles. The van der Waals surface area contributed by atoms with Gasteiger partial charge in [0.05, 0.1) is 19.2 Å². The zero-order chi connectivity index (χ0) is 21.7. The number of pyridine rings is 1. The second kappa shape index (κ2) is 9.73. The van der Waals surface area contributed by atoms with Crippen molar-refractivity contribution >= 4 is 33.9 Å². The summed E-state index contributed by atoms with van der Waals surface area (Å²) >= 11 is 5.68. The second-order valence-electron chi connectivity index (χ2n) is 7.55. The minimum absolute atomic E-state index is 0.0844. The van der Waals surface area contributed by atoms with Crippen molar-refractivity contribution in [2.24, 2.45) is 0 Å². The molecule has 0 aliphatic heterocycles. The summed E-state index contributed by atoms with van der Waals surface area (Å²) in [6.45, 7) is 3.93. The predicted molar refractivity (Wildman–Crippen MR) is 127 cm³/mol. The van der Waals surface area contributed by atoms with E-state index in [2.05, 4.69) is 15.2 Å². The number of methoxy groups -OCH3 is 1. The van der Waals surface area contributed by atoms with Gasteiger partial charge in [-0.15, -0.1) is 0 Å². The number of nitrogens with one attached hydrogen (secondary N) is 2. The Labute approximate surface area is 182 Å². The summed E-state index contributed by atoms with van der Waals surface area (Å²) in [4.78, 5) is 19.9. The summed E-state index contributed by atoms with van der Waals surface area (Å²) < 4.78 is 5.21. The minimum Gasteiger partial charge on any atom is -0.497 e. The topological polar surface area (TPSA) is 60.6 Å². The average Bonchev–Trinajstić information content (AvgIpc) is 2.72. The van der Waals surface area contributed by atoms with E-state index in [1.54, 1.807) is 7.11 Å². The third-order valence-corrected chi connectivity index (χ3v) is 5.33. The van der Waals surface area contributed by atoms with Crippen molar-refractivity contribution in [2.75, 3.05) is 39.6 Å². The number of rotatable bonds is 7. The lowest BCUT2D eigenvalue weighted by molar-refractivity contribution is 0.327. The van der Waals surface area contributed by atoms with Gasteiger partial charge in [-0.2, -0.15) is 0 Å². The van der Waals surface area contributed by atoms with Gasteiger partial charge in [-0.05, 0) is 74.5 Å². The maximum Gasteiger partial charge on any atom is 0.253 e. The van der Waals surface area contributed by atoms with Gasteiger partial charge in [0, 0.05) is 24.3 Å². The van der Waals surface area contributed by atoms with Crippen LogP contribution in [0.1, 0.15) is 11.1 Å². The summed E-state index contributed by atoms with van der Waals surface area (Å²) in [6, 6.07) is 15.6. The number of likely N-dealkylation sites (N-methyl/N-ethyl adjacent to an activating group) is 1. The first-order valence-electron chi connectivity index (χ1n) is 9.83. The lowest BCUT2D eigenvalue weighted by Crippen LogP contribution is -2.40. The van der Waals surface area contributed by atoms with Crippen LogP contribution in [0.5, 0.6) is 5.75 Å². The van der Waals surface area contributed by atoms with E-state index in [4.69, 9.17) is 17.0 Å². The highest BCUT2D eigenvalue weighted by Gasteiger charge is 2.14. The number of ether oxygens (including phenoxy) is 1. The van der Waals surface area contributed by atoms with E-state index >= 15 is 0 Å². The Kier molecular flexibility index (Phi) is 7.07. The smallest absolute Gasteiger partial charge is 0.253 e. The van der Waals surface area contributed by atoms with Crippen molar-refractivity contribution in [1.29, 1.82) is 0 Å². The number of H-pyrrole nitrogens is 1. The number of fused-ring (bicyclic) bond motifs is 1. The molecule has 2 N–H and O–H groups in total. The number of anilines is 1. The standard InChI is InChI=1S/C23H28N4O2S/c1-16-6-5-7-17-14-18(22(28)25-21(16)17)15-27(13-12-26(2)3)23(30)24-19-8-10-20(29-4)11-9-19/h5-11,14H,12-13,15H2,1-4H3,(H,24,30)(H,25,28). The highest BCUT2D eigenvalue weighted by molar-refractivity contribution is 7.80. The molecule has 0 atom stereocenters. The van der Waals surface area contributed by atoms with Crippen LogP contribution in [-0.2, 0) is 6.54 Å². The van der Waals surface area contributed by atoms with E-state index in [9.17, 15) is 4.79 Å². The molecule has 158 valence electrons. The SMILES string of the molecule is COc1ccc(NC(=S)N(CCN(C)C)Cc2cc3cccc(C)c3[nH]c2=O)cc1. The van der Waals surface area contributed by atoms with Crippen molar-refractivity contribution in [2.45, 2.75) is 13.5 Å². The van der Waals surface area contributed by atoms with Crippen LogP contribution in [0, 0.1) is 6.92 Å². The molecule has 0 amide bonds. The van der Waals surface area contributed by atoms with Crippen LogP contribution in [-0.4, -0.2) is 54.2 Å². The van der Waals surface area contributed by atoms with Gasteiger partial charge < -0.3 is 24.8 Å². The quantitative estimate of drug-likeness (QED) is 0.565. The van der Waals surface area contributed by atoms with Crippen molar-refractivity contribution < 1.29 is 4.74 Å². The van der Waals surface area contributed by atoms with Crippen molar-refractivity contribution in [3.8, 4) is 5.75 Å². The third-order valence-electron chi connectivity index (χ3n) is 4.97. The molecule has 0 aliphatic rings. The zero-order valence-corrected chi connectivity index (χ0v) is 18.7. The molecular weight excluding hydrogens is 396 g/mol. The van der Waals surface area contributed by atoms with Crippen LogP contribution in [0.25, 0.3) is 10.9 Å². The van der Waals surface area contributed by atoms with Gasteiger partial charge >= 0.3 is 0 Å². The third kappa shape index (κ3) is 5.37. The molecule has 0 aliphatic carbocycles. The van der Waals surface area contributed by atoms with Gasteiger partial charge in [0.2, 0.25) is 0 Å². The molecule has 2 aromatic carbocycles. The lowest BCUT2D eigenvalue weighted by Gasteiger charge is -2.27. The molecule has 7 heteroatoms. The number of para-hydroxylation sites is 1. The summed E-state index contributed by atoms with van der Waals surface area (Å²) in [6.07, 6.45) is 0. The number of aromatic amines is 1. The zero-order valence-electron chi connectivity index (χ0n) is 17.9. The van der Waals surface area contributed by atoms with Gasteiger partial charge in [0.1, 0.15) is 5.75 Å². The first-order valence-corrected chi connectivity index (χ1v) is 10.2. The first-order chi connectivity index (χ1) is 14.4. The Morgan fingerprint density at radius 1 is 1.13 bits per heavy atom. The number of aryl methyl sites for hydroxylation is 1. The maximum atomic E-state index is 12.7. The molecule has 0 unspecified atom stereocenters. The second-order valence-corrected chi connectivity index (χ2v) is 7.93. The lowest BCUT2D eigenvalue weighted by atomic mass is 10.1. The van der Waals surface area contributed by atoms with Gasteiger partial charge in [-0.3, -0.25) is 4.79 Å². The Hall–Kier alpha value is -2.90. The average molecular weight is 425 g/mol. The molecule has 6 nitrogen and oxygen atoms in total. The highest BCUT2D eigenvalue weighted by atomic mass is 32.1. The molecule has 30 heavy (non-hydrogen) atoms. The monoisotopic (exact) mass is 424 g/mol. The van der Waals surface area contributed by atoms with Crippen LogP contribution in [0.2, 0.25) is 0 Å². The van der Waals surface area contributed by atoms with Crippen molar-refractivity contribution in [3.05, 3.63) is 70.0 Å². The van der Waals surface area contributed by atoms with E-state index in [1.165, 1.54) is 0 Å². The number of hydrogen-bond donors (Lipinski definition) is 2. The normalized spacial score (nSPS) is 11.0. The van der Waals surface area contributed by atoms with Crippen LogP contribution < -0.4 is 15.6 Å². The van der Waals surface area contributed by atoms with E-state index < -0.39 is 0 Å². The fraction of sp³-hybridized carbons (Fsp3) is 0.304. The minimum atomic E-state index is -0.0844. The fourth-order valence-corrected chi connectivity index (χ4v) is 3.48. The molecule has 0 radical (unpaired) electrons. The van der Waals surface area contributed by atoms with Crippen molar-refractivity contribution in [1.82, 2.24) is 14.8 Å². The van der Waals surface area contributed by atoms with E-state index in [-0.39, 0.29) is 5.56 Å². The summed E-state index contributed by atoms with van der Waals surface area (Å²) in [5, 5.41) is 4.87. The summed E-state index contributed by atoms with van der Waals surface area (Å²) in [5.41, 5.74) is 3.41. The van der Waals surface area contributed by atoms with Crippen LogP contribution in [0.15, 0.2) is 53.3 Å². The van der Waals surface area contributed by atoms with Gasteiger partial charge in [0.25, 0.3) is 5.56 Å². The molecule has 0 bridgehead atoms. The molecule has 3 rings (SSSR count). The fourth-order valence-electron chi connectivity index (χ4n) is 3.20. The first kappa shape index (κ1) is 21.8. The number of aromatic nitrogens is 1. The molecule has 0 fully saturated rings. The van der Waals surface area contributed by atoms with Gasteiger partial charge in [-0.25, -0.2) is 0 Å². The molecule has 0 saturated carbocycles. The van der Waals surface area contributed by atoms with E-state index in [0.29, 0.717) is 23.8 Å². The Morgan fingerprint density at radius 3 is 2.53 bits per heavy atom. The number of thiocarbonyl (C=S) groups is 1. The molecule has 0 spiro atoms. The highest BCUT2D eigenvalue weighted by Crippen LogP contribution is 2.18. The molecule has 1 heterocycles. The molecule has 0 saturated heterocycles. The number of nitrogens with zero attached hydrogens (tertiary/aromatic N) is 2. The molecular formula is C23H28N4O2S. The summed E-state index contributed by atoms with van der Waals surface area (Å²) in [5.74, 6) is 0.786. The van der Waals surface area contributed by atoms with Crippen LogP contribution >= 0.6 is 12.2 Å². The maximum absolute atomic E-state index is 12.7. The van der Waals surface area contributed by atoms with E-state index in [0.717, 1.165) is 34.4 Å². The van der Waals surface area contributed by atoms with Gasteiger partial charge in [0.15, 0.2) is 5.11 Å². The predicted octanol–water partition coefficient (Wildman–Crippen LogP) is 3.61. The summed E-state index contributed by atoms with van der Waals surface area (Å²) in [7, 11) is 5.67.